The van der Waals surface area contributed by atoms with Crippen LogP contribution in [0.1, 0.15) is 39.5 Å². The number of nitrogens with zero attached hydrogens (tertiary/aromatic N) is 1. The van der Waals surface area contributed by atoms with Crippen LogP contribution in [-0.4, -0.2) is 43.7 Å². The summed E-state index contributed by atoms with van der Waals surface area (Å²) in [7, 11) is 0. The van der Waals surface area contributed by atoms with Crippen molar-refractivity contribution in [2.24, 2.45) is 5.92 Å². The van der Waals surface area contributed by atoms with Crippen molar-refractivity contribution in [1.82, 2.24) is 15.5 Å². The van der Waals surface area contributed by atoms with E-state index in [4.69, 9.17) is 0 Å². The Bertz CT molecular complexity index is 215. The molecule has 1 unspecified atom stereocenters. The standard InChI is InChI=1S/C13H27N3O/c1-3-7-15-13(17)16(9-4-2)11-12-6-5-8-14-10-12/h12,14H,3-11H2,1-2H3,(H,15,17). The quantitative estimate of drug-likeness (QED) is 0.745. The zero-order valence-corrected chi connectivity index (χ0v) is 11.3. The van der Waals surface area contributed by atoms with E-state index in [0.29, 0.717) is 5.92 Å². The van der Waals surface area contributed by atoms with Crippen molar-refractivity contribution in [2.75, 3.05) is 32.7 Å². The Morgan fingerprint density at radius 3 is 2.82 bits per heavy atom. The topological polar surface area (TPSA) is 44.4 Å². The summed E-state index contributed by atoms with van der Waals surface area (Å²) >= 11 is 0. The molecule has 0 aromatic carbocycles. The molecule has 1 rings (SSSR count). The van der Waals surface area contributed by atoms with E-state index in [9.17, 15) is 4.79 Å². The second-order valence-electron chi connectivity index (χ2n) is 4.89. The van der Waals surface area contributed by atoms with Crippen molar-refractivity contribution in [2.45, 2.75) is 39.5 Å². The summed E-state index contributed by atoms with van der Waals surface area (Å²) in [5.41, 5.74) is 0. The molecule has 0 bridgehead atoms. The molecule has 1 aliphatic rings. The van der Waals surface area contributed by atoms with Gasteiger partial charge >= 0.3 is 6.03 Å². The number of rotatable bonds is 6. The van der Waals surface area contributed by atoms with E-state index in [1.807, 2.05) is 4.90 Å². The normalized spacial score (nSPS) is 20.0. The Hall–Kier alpha value is -0.770. The summed E-state index contributed by atoms with van der Waals surface area (Å²) in [4.78, 5) is 13.9. The minimum atomic E-state index is 0.110. The van der Waals surface area contributed by atoms with Gasteiger partial charge in [-0.1, -0.05) is 13.8 Å². The number of nitrogens with one attached hydrogen (secondary N) is 2. The molecular formula is C13H27N3O. The van der Waals surface area contributed by atoms with Gasteiger partial charge in [0.15, 0.2) is 0 Å². The number of urea groups is 1. The van der Waals surface area contributed by atoms with Crippen molar-refractivity contribution < 1.29 is 4.79 Å². The molecule has 1 fully saturated rings. The highest BCUT2D eigenvalue weighted by atomic mass is 16.2. The van der Waals surface area contributed by atoms with Gasteiger partial charge in [-0.25, -0.2) is 4.79 Å². The van der Waals surface area contributed by atoms with Gasteiger partial charge in [0.05, 0.1) is 0 Å². The maximum absolute atomic E-state index is 12.0. The van der Waals surface area contributed by atoms with Crippen LogP contribution in [0.5, 0.6) is 0 Å². The predicted molar refractivity (Wildman–Crippen MR) is 71.1 cm³/mol. The number of hydrogen-bond acceptors (Lipinski definition) is 2. The van der Waals surface area contributed by atoms with Gasteiger partial charge in [-0.05, 0) is 44.7 Å². The minimum absolute atomic E-state index is 0.110. The number of carbonyl (C=O) groups excluding carboxylic acids is 1. The zero-order chi connectivity index (χ0) is 12.5. The molecule has 1 saturated heterocycles. The number of piperidine rings is 1. The van der Waals surface area contributed by atoms with Crippen LogP contribution in [-0.2, 0) is 0 Å². The third-order valence-corrected chi connectivity index (χ3v) is 3.18. The largest absolute Gasteiger partial charge is 0.338 e. The highest BCUT2D eigenvalue weighted by Gasteiger charge is 2.19. The van der Waals surface area contributed by atoms with Gasteiger partial charge in [-0.2, -0.15) is 0 Å². The lowest BCUT2D eigenvalue weighted by Gasteiger charge is -2.30. The lowest BCUT2D eigenvalue weighted by Crippen LogP contribution is -2.45. The van der Waals surface area contributed by atoms with E-state index < -0.39 is 0 Å². The Labute approximate surface area is 105 Å². The Morgan fingerprint density at radius 2 is 2.24 bits per heavy atom. The SMILES string of the molecule is CCCNC(=O)N(CCC)CC1CCCNC1. The monoisotopic (exact) mass is 241 g/mol. The van der Waals surface area contributed by atoms with E-state index >= 15 is 0 Å². The molecule has 1 heterocycles. The first-order chi connectivity index (χ1) is 8.27. The maximum Gasteiger partial charge on any atom is 0.317 e. The molecule has 2 N–H and O–H groups in total. The van der Waals surface area contributed by atoms with Crippen LogP contribution in [0.3, 0.4) is 0 Å². The molecule has 0 radical (unpaired) electrons. The van der Waals surface area contributed by atoms with Crippen LogP contribution in [0.15, 0.2) is 0 Å². The molecule has 4 nitrogen and oxygen atoms in total. The van der Waals surface area contributed by atoms with Gasteiger partial charge in [0, 0.05) is 19.6 Å². The van der Waals surface area contributed by atoms with Crippen LogP contribution < -0.4 is 10.6 Å². The molecule has 1 atom stereocenters. The number of carbonyl (C=O) groups is 1. The van der Waals surface area contributed by atoms with E-state index in [-0.39, 0.29) is 6.03 Å². The summed E-state index contributed by atoms with van der Waals surface area (Å²) in [5, 5.41) is 6.38. The van der Waals surface area contributed by atoms with Gasteiger partial charge in [-0.3, -0.25) is 0 Å². The maximum atomic E-state index is 12.0. The zero-order valence-electron chi connectivity index (χ0n) is 11.3. The average molecular weight is 241 g/mol. The number of hydrogen-bond donors (Lipinski definition) is 2. The smallest absolute Gasteiger partial charge is 0.317 e. The molecule has 0 aliphatic carbocycles. The molecule has 100 valence electrons. The molecule has 2 amide bonds. The first-order valence-corrected chi connectivity index (χ1v) is 7.01. The molecule has 0 aromatic heterocycles. The Kier molecular flexibility index (Phi) is 7.01. The van der Waals surface area contributed by atoms with Crippen LogP contribution >= 0.6 is 0 Å². The van der Waals surface area contributed by atoms with Crippen molar-refractivity contribution in [3.05, 3.63) is 0 Å². The van der Waals surface area contributed by atoms with Crippen LogP contribution in [0.4, 0.5) is 4.79 Å². The Morgan fingerprint density at radius 1 is 1.41 bits per heavy atom. The van der Waals surface area contributed by atoms with Crippen molar-refractivity contribution in [3.8, 4) is 0 Å². The minimum Gasteiger partial charge on any atom is -0.338 e. The lowest BCUT2D eigenvalue weighted by atomic mass is 9.99. The fourth-order valence-corrected chi connectivity index (χ4v) is 2.28. The first-order valence-electron chi connectivity index (χ1n) is 7.01. The third-order valence-electron chi connectivity index (χ3n) is 3.18. The third kappa shape index (κ3) is 5.39. The Balaban J connectivity index is 2.37. The molecule has 4 heteroatoms. The first kappa shape index (κ1) is 14.3. The highest BCUT2D eigenvalue weighted by Crippen LogP contribution is 2.12. The summed E-state index contributed by atoms with van der Waals surface area (Å²) in [5.74, 6) is 0.627. The van der Waals surface area contributed by atoms with E-state index in [2.05, 4.69) is 24.5 Å². The second-order valence-corrected chi connectivity index (χ2v) is 4.89. The fraction of sp³-hybridized carbons (Fsp3) is 0.923. The van der Waals surface area contributed by atoms with E-state index in [1.54, 1.807) is 0 Å². The summed E-state index contributed by atoms with van der Waals surface area (Å²) in [6, 6.07) is 0.110. The van der Waals surface area contributed by atoms with Gasteiger partial charge in [0.1, 0.15) is 0 Å². The molecule has 0 aromatic rings. The van der Waals surface area contributed by atoms with Gasteiger partial charge in [0.2, 0.25) is 0 Å². The van der Waals surface area contributed by atoms with Gasteiger partial charge in [0.25, 0.3) is 0 Å². The second kappa shape index (κ2) is 8.34. The molecule has 17 heavy (non-hydrogen) atoms. The fourth-order valence-electron chi connectivity index (χ4n) is 2.28. The van der Waals surface area contributed by atoms with Crippen molar-refractivity contribution in [1.29, 1.82) is 0 Å². The molecule has 0 saturated carbocycles. The van der Waals surface area contributed by atoms with E-state index in [1.165, 1.54) is 12.8 Å². The summed E-state index contributed by atoms with van der Waals surface area (Å²) < 4.78 is 0. The van der Waals surface area contributed by atoms with Crippen LogP contribution in [0, 0.1) is 5.92 Å². The predicted octanol–water partition coefficient (Wildman–Crippen LogP) is 1.82. The highest BCUT2D eigenvalue weighted by molar-refractivity contribution is 5.74. The average Bonchev–Trinajstić information content (AvgIpc) is 2.36. The van der Waals surface area contributed by atoms with Crippen LogP contribution in [0.25, 0.3) is 0 Å². The van der Waals surface area contributed by atoms with Crippen LogP contribution in [0.2, 0.25) is 0 Å². The molecule has 1 aliphatic heterocycles. The number of amides is 2. The summed E-state index contributed by atoms with van der Waals surface area (Å²) in [6.45, 7) is 8.94. The lowest BCUT2D eigenvalue weighted by molar-refractivity contribution is 0.181. The van der Waals surface area contributed by atoms with Crippen molar-refractivity contribution in [3.63, 3.8) is 0 Å². The van der Waals surface area contributed by atoms with Gasteiger partial charge in [-0.15, -0.1) is 0 Å². The van der Waals surface area contributed by atoms with E-state index in [0.717, 1.165) is 45.6 Å². The molecule has 0 spiro atoms. The van der Waals surface area contributed by atoms with Crippen molar-refractivity contribution >= 4 is 6.03 Å². The van der Waals surface area contributed by atoms with Gasteiger partial charge < -0.3 is 15.5 Å². The molecular weight excluding hydrogens is 214 g/mol. The summed E-state index contributed by atoms with van der Waals surface area (Å²) in [6.07, 6.45) is 4.51.